The van der Waals surface area contributed by atoms with Gasteiger partial charge in [-0.2, -0.15) is 0 Å². The van der Waals surface area contributed by atoms with Crippen molar-refractivity contribution in [1.29, 1.82) is 0 Å². The summed E-state index contributed by atoms with van der Waals surface area (Å²) in [5, 5.41) is 6.88. The lowest BCUT2D eigenvalue weighted by Gasteiger charge is -2.30. The van der Waals surface area contributed by atoms with Gasteiger partial charge in [0.1, 0.15) is 12.0 Å². The van der Waals surface area contributed by atoms with Crippen LogP contribution in [0, 0.1) is 0 Å². The third kappa shape index (κ3) is 5.32. The summed E-state index contributed by atoms with van der Waals surface area (Å²) in [7, 11) is 0. The normalized spacial score (nSPS) is 19.5. The quantitative estimate of drug-likeness (QED) is 0.276. The third-order valence-corrected chi connectivity index (χ3v) is 7.60. The number of anilines is 4. The standard InChI is InChI=1S/C30H33N5O5/c1-18(36)28-25(14-21(16-32-28)34-24-8-3-2-7-23(24)31)33-20-6-4-5-19(13-20)22-17-39-30-26(37)15-27(40-29(22)30)35-9-11-38-12-10-35/h4-6,13-17,23-24,33-34H,2-3,7-12,31H2,1H3/t23-,24+/m1/s1. The number of morpholine rings is 1. The van der Waals surface area contributed by atoms with Crippen LogP contribution in [0.5, 0.6) is 0 Å². The zero-order valence-electron chi connectivity index (χ0n) is 22.4. The molecule has 10 heteroatoms. The predicted octanol–water partition coefficient (Wildman–Crippen LogP) is 4.91. The average molecular weight is 544 g/mol. The third-order valence-electron chi connectivity index (χ3n) is 7.60. The summed E-state index contributed by atoms with van der Waals surface area (Å²) in [4.78, 5) is 31.7. The lowest BCUT2D eigenvalue weighted by Crippen LogP contribution is -2.42. The highest BCUT2D eigenvalue weighted by molar-refractivity contribution is 5.99. The van der Waals surface area contributed by atoms with Crippen molar-refractivity contribution in [1.82, 2.24) is 4.98 Å². The molecule has 0 spiro atoms. The van der Waals surface area contributed by atoms with Crippen LogP contribution in [0.2, 0.25) is 0 Å². The molecule has 1 aliphatic heterocycles. The molecule has 40 heavy (non-hydrogen) atoms. The number of ether oxygens (including phenoxy) is 1. The summed E-state index contributed by atoms with van der Waals surface area (Å²) in [6, 6.07) is 11.3. The Balaban J connectivity index is 1.31. The molecule has 2 aliphatic rings. The van der Waals surface area contributed by atoms with Crippen molar-refractivity contribution >= 4 is 39.9 Å². The Bertz CT molecular complexity index is 1590. The van der Waals surface area contributed by atoms with E-state index in [1.165, 1.54) is 19.3 Å². The van der Waals surface area contributed by atoms with Crippen molar-refractivity contribution in [3.63, 3.8) is 0 Å². The molecule has 4 aromatic rings. The molecular weight excluding hydrogens is 510 g/mol. The van der Waals surface area contributed by atoms with Crippen molar-refractivity contribution < 1.29 is 18.4 Å². The molecule has 0 bridgehead atoms. The van der Waals surface area contributed by atoms with Crippen LogP contribution >= 0.6 is 0 Å². The maximum absolute atomic E-state index is 12.8. The van der Waals surface area contributed by atoms with Crippen LogP contribution in [0.15, 0.2) is 62.5 Å². The van der Waals surface area contributed by atoms with Gasteiger partial charge >= 0.3 is 0 Å². The van der Waals surface area contributed by atoms with E-state index in [1.807, 2.05) is 35.2 Å². The largest absolute Gasteiger partial charge is 0.456 e. The number of aromatic nitrogens is 1. The number of hydrogen-bond acceptors (Lipinski definition) is 10. The minimum absolute atomic E-state index is 0.0860. The number of fused-ring (bicyclic) bond motifs is 1. The number of nitrogens with one attached hydrogen (secondary N) is 2. The highest BCUT2D eigenvalue weighted by atomic mass is 16.5. The molecule has 2 atom stereocenters. The van der Waals surface area contributed by atoms with Crippen molar-refractivity contribution in [2.24, 2.45) is 5.73 Å². The van der Waals surface area contributed by atoms with Crippen LogP contribution in [0.4, 0.5) is 22.9 Å². The molecule has 2 fully saturated rings. The number of carbonyl (C=O) groups excluding carboxylic acids is 1. The second-order valence-corrected chi connectivity index (χ2v) is 10.4. The van der Waals surface area contributed by atoms with Crippen LogP contribution in [0.1, 0.15) is 43.1 Å². The van der Waals surface area contributed by atoms with Crippen LogP contribution in [-0.2, 0) is 4.74 Å². The number of furan rings is 1. The first-order valence-corrected chi connectivity index (χ1v) is 13.7. The fraction of sp³-hybridized carbons (Fsp3) is 0.367. The zero-order valence-corrected chi connectivity index (χ0v) is 22.4. The Morgan fingerprint density at radius 1 is 1.07 bits per heavy atom. The van der Waals surface area contributed by atoms with E-state index in [4.69, 9.17) is 19.3 Å². The molecule has 1 saturated heterocycles. The van der Waals surface area contributed by atoms with E-state index in [9.17, 15) is 9.59 Å². The Hall–Kier alpha value is -4.15. The summed E-state index contributed by atoms with van der Waals surface area (Å²) in [5.74, 6) is 0.356. The summed E-state index contributed by atoms with van der Waals surface area (Å²) in [6.07, 6.45) is 7.50. The molecule has 4 heterocycles. The van der Waals surface area contributed by atoms with E-state index >= 15 is 0 Å². The number of nitrogens with two attached hydrogens (primary N) is 1. The molecular formula is C30H33N5O5. The smallest absolute Gasteiger partial charge is 0.230 e. The molecule has 1 aromatic carbocycles. The first-order valence-electron chi connectivity index (χ1n) is 13.7. The molecule has 6 rings (SSSR count). The van der Waals surface area contributed by atoms with Gasteiger partial charge in [-0.05, 0) is 36.6 Å². The highest BCUT2D eigenvalue weighted by Crippen LogP contribution is 2.34. The lowest BCUT2D eigenvalue weighted by molar-refractivity contribution is 0.101. The molecule has 0 amide bonds. The first kappa shape index (κ1) is 26.1. The van der Waals surface area contributed by atoms with E-state index < -0.39 is 0 Å². The fourth-order valence-corrected chi connectivity index (χ4v) is 5.46. The molecule has 1 saturated carbocycles. The number of rotatable bonds is 7. The summed E-state index contributed by atoms with van der Waals surface area (Å²) < 4.78 is 17.3. The number of benzene rings is 1. The van der Waals surface area contributed by atoms with Gasteiger partial charge in [-0.1, -0.05) is 25.0 Å². The number of Topliss-reactive ketones (excluding diaryl/α,β-unsaturated/α-hetero) is 1. The zero-order chi connectivity index (χ0) is 27.6. The van der Waals surface area contributed by atoms with Crippen LogP contribution < -0.4 is 26.7 Å². The van der Waals surface area contributed by atoms with Gasteiger partial charge in [-0.15, -0.1) is 0 Å². The summed E-state index contributed by atoms with van der Waals surface area (Å²) in [5.41, 5.74) is 10.6. The van der Waals surface area contributed by atoms with Gasteiger partial charge in [0, 0.05) is 37.8 Å². The van der Waals surface area contributed by atoms with E-state index in [-0.39, 0.29) is 28.9 Å². The topological polar surface area (TPSA) is 136 Å². The first-order chi connectivity index (χ1) is 19.5. The van der Waals surface area contributed by atoms with Crippen molar-refractivity contribution in [2.75, 3.05) is 41.8 Å². The number of carbonyl (C=O) groups is 1. The highest BCUT2D eigenvalue weighted by Gasteiger charge is 2.23. The van der Waals surface area contributed by atoms with Gasteiger partial charge in [-0.25, -0.2) is 4.98 Å². The maximum Gasteiger partial charge on any atom is 0.230 e. The Kier molecular flexibility index (Phi) is 7.27. The Morgan fingerprint density at radius 2 is 1.90 bits per heavy atom. The number of pyridine rings is 1. The molecule has 4 N–H and O–H groups in total. The minimum Gasteiger partial charge on any atom is -0.456 e. The van der Waals surface area contributed by atoms with E-state index in [1.54, 1.807) is 6.20 Å². The number of nitrogens with zero attached hydrogens (tertiary/aromatic N) is 2. The molecule has 1 aliphatic carbocycles. The van der Waals surface area contributed by atoms with Gasteiger partial charge in [0.25, 0.3) is 0 Å². The predicted molar refractivity (Wildman–Crippen MR) is 155 cm³/mol. The second kappa shape index (κ2) is 11.1. The van der Waals surface area contributed by atoms with E-state index in [0.29, 0.717) is 54.7 Å². The average Bonchev–Trinajstić information content (AvgIpc) is 3.40. The Morgan fingerprint density at radius 3 is 2.70 bits per heavy atom. The molecule has 0 unspecified atom stereocenters. The van der Waals surface area contributed by atoms with E-state index in [2.05, 4.69) is 15.6 Å². The van der Waals surface area contributed by atoms with Crippen LogP contribution in [0.25, 0.3) is 22.3 Å². The van der Waals surface area contributed by atoms with Crippen LogP contribution in [0.3, 0.4) is 0 Å². The van der Waals surface area contributed by atoms with Crippen molar-refractivity contribution in [3.05, 3.63) is 64.8 Å². The van der Waals surface area contributed by atoms with Gasteiger partial charge < -0.3 is 34.8 Å². The Labute approximate surface area is 231 Å². The monoisotopic (exact) mass is 543 g/mol. The summed E-state index contributed by atoms with van der Waals surface area (Å²) in [6.45, 7) is 3.95. The second-order valence-electron chi connectivity index (χ2n) is 10.4. The molecule has 0 radical (unpaired) electrons. The van der Waals surface area contributed by atoms with Gasteiger partial charge in [0.15, 0.2) is 17.3 Å². The fourth-order valence-electron chi connectivity index (χ4n) is 5.46. The number of ketones is 1. The SMILES string of the molecule is CC(=O)c1ncc(N[C@H]2CCCC[C@H]2N)cc1Nc1cccc(-c2coc3c(=O)cc(N4CCOCC4)oc23)c1. The molecule has 10 nitrogen and oxygen atoms in total. The maximum atomic E-state index is 12.8. The minimum atomic E-state index is -0.234. The van der Waals surface area contributed by atoms with Crippen molar-refractivity contribution in [3.8, 4) is 11.1 Å². The van der Waals surface area contributed by atoms with Crippen molar-refractivity contribution in [2.45, 2.75) is 44.7 Å². The number of hydrogen-bond donors (Lipinski definition) is 3. The molecule has 3 aromatic heterocycles. The van der Waals surface area contributed by atoms with Gasteiger partial charge in [0.2, 0.25) is 11.0 Å². The van der Waals surface area contributed by atoms with Crippen LogP contribution in [-0.4, -0.2) is 49.2 Å². The van der Waals surface area contributed by atoms with Gasteiger partial charge in [-0.3, -0.25) is 9.59 Å². The lowest BCUT2D eigenvalue weighted by atomic mass is 9.91. The van der Waals surface area contributed by atoms with Gasteiger partial charge in [0.05, 0.1) is 42.4 Å². The van der Waals surface area contributed by atoms with E-state index in [0.717, 1.165) is 42.6 Å². The summed E-state index contributed by atoms with van der Waals surface area (Å²) >= 11 is 0. The molecule has 208 valence electrons.